The van der Waals surface area contributed by atoms with E-state index in [1.54, 1.807) is 30.2 Å². The summed E-state index contributed by atoms with van der Waals surface area (Å²) >= 11 is 0. The van der Waals surface area contributed by atoms with Crippen LogP contribution in [0.2, 0.25) is 0 Å². The van der Waals surface area contributed by atoms with Crippen LogP contribution in [0.4, 0.5) is 5.69 Å². The minimum absolute atomic E-state index is 0.178. The molecule has 2 aromatic heterocycles. The van der Waals surface area contributed by atoms with Crippen molar-refractivity contribution in [3.63, 3.8) is 0 Å². The topological polar surface area (TPSA) is 66.9 Å². The lowest BCUT2D eigenvalue weighted by atomic mass is 9.97. The van der Waals surface area contributed by atoms with E-state index in [-0.39, 0.29) is 5.91 Å². The molecule has 3 rings (SSSR count). The maximum absolute atomic E-state index is 12.1. The molecule has 5 heteroatoms. The van der Waals surface area contributed by atoms with Crippen LogP contribution in [-0.4, -0.2) is 22.4 Å². The number of anilines is 1. The average molecular weight is 336 g/mol. The van der Waals surface area contributed by atoms with Crippen molar-refractivity contribution in [3.05, 3.63) is 65.8 Å². The predicted octanol–water partition coefficient (Wildman–Crippen LogP) is 3.71. The van der Waals surface area contributed by atoms with Crippen LogP contribution in [0.15, 0.2) is 54.5 Å². The summed E-state index contributed by atoms with van der Waals surface area (Å²) in [5.74, 6) is -0.178. The summed E-state index contributed by atoms with van der Waals surface area (Å²) in [5, 5.41) is 6.22. The van der Waals surface area contributed by atoms with Crippen molar-refractivity contribution in [1.82, 2.24) is 15.3 Å². The lowest BCUT2D eigenvalue weighted by Crippen LogP contribution is -2.23. The lowest BCUT2D eigenvalue weighted by molar-refractivity contribution is 0.0946. The molecule has 1 aliphatic rings. The van der Waals surface area contributed by atoms with E-state index < -0.39 is 0 Å². The van der Waals surface area contributed by atoms with Gasteiger partial charge in [-0.15, -0.1) is 0 Å². The summed E-state index contributed by atoms with van der Waals surface area (Å²) in [6, 6.07) is 7.43. The van der Waals surface area contributed by atoms with Crippen LogP contribution in [0.5, 0.6) is 0 Å². The molecular formula is C20H24N4O. The zero-order chi connectivity index (χ0) is 17.3. The Bertz CT molecular complexity index is 710. The third-order valence-corrected chi connectivity index (χ3v) is 4.33. The molecule has 2 N–H and O–H groups in total. The standard InChI is InChI=1S/C20H24N4O/c25-20(24-14-17-7-4-11-21-13-17)19-9-8-18(15-23-19)22-12-10-16-5-2-1-3-6-16/h4-5,7-9,11,13,15,22H,1-3,6,10,12,14H2,(H,24,25). The van der Waals surface area contributed by atoms with Gasteiger partial charge >= 0.3 is 0 Å². The SMILES string of the molecule is O=C(NCc1cccnc1)c1ccc(NCCC2=CCCCC2)cn1. The smallest absolute Gasteiger partial charge is 0.270 e. The predicted molar refractivity (Wildman–Crippen MR) is 99.3 cm³/mol. The molecule has 0 aromatic carbocycles. The quantitative estimate of drug-likeness (QED) is 0.757. The highest BCUT2D eigenvalue weighted by atomic mass is 16.1. The number of hydrogen-bond donors (Lipinski definition) is 2. The van der Waals surface area contributed by atoms with Gasteiger partial charge in [-0.1, -0.05) is 17.7 Å². The van der Waals surface area contributed by atoms with Crippen molar-refractivity contribution in [2.75, 3.05) is 11.9 Å². The Morgan fingerprint density at radius 2 is 2.12 bits per heavy atom. The van der Waals surface area contributed by atoms with Crippen LogP contribution in [0.25, 0.3) is 0 Å². The largest absolute Gasteiger partial charge is 0.383 e. The summed E-state index contributed by atoms with van der Waals surface area (Å²) in [6.07, 6.45) is 13.7. The zero-order valence-corrected chi connectivity index (χ0v) is 14.4. The van der Waals surface area contributed by atoms with Crippen molar-refractivity contribution in [3.8, 4) is 0 Å². The van der Waals surface area contributed by atoms with E-state index in [0.29, 0.717) is 12.2 Å². The number of nitrogens with one attached hydrogen (secondary N) is 2. The van der Waals surface area contributed by atoms with E-state index in [2.05, 4.69) is 26.7 Å². The number of hydrogen-bond acceptors (Lipinski definition) is 4. The summed E-state index contributed by atoms with van der Waals surface area (Å²) < 4.78 is 0. The second-order valence-electron chi connectivity index (χ2n) is 6.26. The molecule has 1 amide bonds. The Kier molecular flexibility index (Phi) is 6.15. The molecule has 0 atom stereocenters. The highest BCUT2D eigenvalue weighted by Crippen LogP contribution is 2.20. The Morgan fingerprint density at radius 1 is 1.16 bits per heavy atom. The summed E-state index contributed by atoms with van der Waals surface area (Å²) in [5.41, 5.74) is 3.88. The summed E-state index contributed by atoms with van der Waals surface area (Å²) in [6.45, 7) is 1.35. The number of pyridine rings is 2. The third kappa shape index (κ3) is 5.41. The van der Waals surface area contributed by atoms with E-state index in [4.69, 9.17) is 0 Å². The maximum atomic E-state index is 12.1. The van der Waals surface area contributed by atoms with Crippen molar-refractivity contribution in [2.45, 2.75) is 38.6 Å². The van der Waals surface area contributed by atoms with E-state index in [1.807, 2.05) is 18.2 Å². The second kappa shape index (κ2) is 8.97. The Labute approximate surface area is 148 Å². The van der Waals surface area contributed by atoms with Gasteiger partial charge in [0.05, 0.1) is 11.9 Å². The van der Waals surface area contributed by atoms with Gasteiger partial charge < -0.3 is 10.6 Å². The molecule has 0 bridgehead atoms. The number of aromatic nitrogens is 2. The molecule has 2 aromatic rings. The number of carbonyl (C=O) groups excluding carboxylic acids is 1. The second-order valence-corrected chi connectivity index (χ2v) is 6.26. The molecule has 0 saturated carbocycles. The van der Waals surface area contributed by atoms with Crippen LogP contribution in [0.3, 0.4) is 0 Å². The van der Waals surface area contributed by atoms with Gasteiger partial charge in [0.1, 0.15) is 5.69 Å². The molecule has 0 saturated heterocycles. The van der Waals surface area contributed by atoms with Crippen molar-refractivity contribution in [1.29, 1.82) is 0 Å². The number of carbonyl (C=O) groups is 1. The molecule has 0 radical (unpaired) electrons. The molecule has 0 unspecified atom stereocenters. The van der Waals surface area contributed by atoms with Crippen LogP contribution >= 0.6 is 0 Å². The van der Waals surface area contributed by atoms with Crippen LogP contribution < -0.4 is 10.6 Å². The maximum Gasteiger partial charge on any atom is 0.270 e. The highest BCUT2D eigenvalue weighted by Gasteiger charge is 2.07. The number of allylic oxidation sites excluding steroid dienone is 1. The lowest BCUT2D eigenvalue weighted by Gasteiger charge is -2.13. The Balaban J connectivity index is 1.44. The molecule has 1 aliphatic carbocycles. The molecular weight excluding hydrogens is 312 g/mol. The molecule has 2 heterocycles. The first-order chi connectivity index (χ1) is 12.3. The van der Waals surface area contributed by atoms with Gasteiger partial charge in [0, 0.05) is 25.5 Å². The minimum atomic E-state index is -0.178. The minimum Gasteiger partial charge on any atom is -0.383 e. The molecule has 0 spiro atoms. The number of rotatable bonds is 7. The first-order valence-electron chi connectivity index (χ1n) is 8.86. The number of nitrogens with zero attached hydrogens (tertiary/aromatic N) is 2. The highest BCUT2D eigenvalue weighted by molar-refractivity contribution is 5.92. The van der Waals surface area contributed by atoms with Crippen molar-refractivity contribution >= 4 is 11.6 Å². The van der Waals surface area contributed by atoms with E-state index >= 15 is 0 Å². The van der Waals surface area contributed by atoms with Gasteiger partial charge in [0.2, 0.25) is 0 Å². The Hall–Kier alpha value is -2.69. The molecule has 0 aliphatic heterocycles. The van der Waals surface area contributed by atoms with Crippen LogP contribution in [0, 0.1) is 0 Å². The number of amides is 1. The molecule has 130 valence electrons. The van der Waals surface area contributed by atoms with Gasteiger partial charge in [0.25, 0.3) is 5.91 Å². The van der Waals surface area contributed by atoms with Crippen LogP contribution in [-0.2, 0) is 6.54 Å². The fraction of sp³-hybridized carbons (Fsp3) is 0.350. The monoisotopic (exact) mass is 336 g/mol. The summed E-state index contributed by atoms with van der Waals surface area (Å²) in [4.78, 5) is 20.4. The molecule has 0 fully saturated rings. The van der Waals surface area contributed by atoms with Gasteiger partial charge in [-0.2, -0.15) is 0 Å². The van der Waals surface area contributed by atoms with E-state index in [0.717, 1.165) is 24.2 Å². The van der Waals surface area contributed by atoms with Gasteiger partial charge in [-0.25, -0.2) is 4.98 Å². The van der Waals surface area contributed by atoms with Crippen molar-refractivity contribution in [2.24, 2.45) is 0 Å². The van der Waals surface area contributed by atoms with Gasteiger partial charge in [-0.3, -0.25) is 9.78 Å². The van der Waals surface area contributed by atoms with E-state index in [1.165, 1.54) is 25.7 Å². The first-order valence-corrected chi connectivity index (χ1v) is 8.86. The zero-order valence-electron chi connectivity index (χ0n) is 14.4. The van der Waals surface area contributed by atoms with E-state index in [9.17, 15) is 4.79 Å². The Morgan fingerprint density at radius 3 is 2.84 bits per heavy atom. The fourth-order valence-electron chi connectivity index (χ4n) is 2.91. The van der Waals surface area contributed by atoms with Crippen LogP contribution in [0.1, 0.15) is 48.2 Å². The van der Waals surface area contributed by atoms with Gasteiger partial charge in [-0.05, 0) is 55.9 Å². The summed E-state index contributed by atoms with van der Waals surface area (Å²) in [7, 11) is 0. The molecule has 5 nitrogen and oxygen atoms in total. The first kappa shape index (κ1) is 17.1. The molecule has 25 heavy (non-hydrogen) atoms. The normalized spacial score (nSPS) is 13.8. The van der Waals surface area contributed by atoms with Crippen molar-refractivity contribution < 1.29 is 4.79 Å². The fourth-order valence-corrected chi connectivity index (χ4v) is 2.91. The third-order valence-electron chi connectivity index (χ3n) is 4.33. The van der Waals surface area contributed by atoms with Gasteiger partial charge in [0.15, 0.2) is 0 Å². The average Bonchev–Trinajstić information content (AvgIpc) is 2.68.